The Morgan fingerprint density at radius 2 is 1.83 bits per heavy atom. The van der Waals surface area contributed by atoms with Gasteiger partial charge in [0.05, 0.1) is 10.5 Å². The molecule has 7 heteroatoms. The molecule has 0 saturated carbocycles. The number of benzene rings is 1. The van der Waals surface area contributed by atoms with E-state index in [-0.39, 0.29) is 23.9 Å². The van der Waals surface area contributed by atoms with E-state index >= 15 is 0 Å². The molecule has 1 aliphatic heterocycles. The van der Waals surface area contributed by atoms with Crippen LogP contribution in [0.5, 0.6) is 0 Å². The second kappa shape index (κ2) is 5.69. The molecule has 1 amide bonds. The van der Waals surface area contributed by atoms with Crippen LogP contribution in [0.15, 0.2) is 39.6 Å². The van der Waals surface area contributed by atoms with E-state index in [0.29, 0.717) is 22.1 Å². The van der Waals surface area contributed by atoms with Crippen molar-refractivity contribution in [2.75, 3.05) is 13.1 Å². The first-order chi connectivity index (χ1) is 10.8. The van der Waals surface area contributed by atoms with Gasteiger partial charge in [0.2, 0.25) is 0 Å². The number of hydrogen-bond acceptors (Lipinski definition) is 4. The van der Waals surface area contributed by atoms with E-state index in [4.69, 9.17) is 16.0 Å². The summed E-state index contributed by atoms with van der Waals surface area (Å²) in [5.74, 6) is 1.02. The third kappa shape index (κ3) is 2.88. The van der Waals surface area contributed by atoms with E-state index in [1.165, 1.54) is 17.0 Å². The molecule has 2 heterocycles. The van der Waals surface area contributed by atoms with E-state index in [2.05, 4.69) is 0 Å². The van der Waals surface area contributed by atoms with Crippen molar-refractivity contribution in [3.05, 3.63) is 52.4 Å². The highest BCUT2D eigenvalue weighted by molar-refractivity contribution is 7.92. The Kier molecular flexibility index (Phi) is 3.98. The molecule has 0 N–H and O–H groups in total. The van der Waals surface area contributed by atoms with Gasteiger partial charge < -0.3 is 9.32 Å². The molecule has 0 unspecified atom stereocenters. The zero-order valence-corrected chi connectivity index (χ0v) is 14.3. The molecule has 2 aromatic rings. The van der Waals surface area contributed by atoms with Gasteiger partial charge in [-0.25, -0.2) is 8.42 Å². The van der Waals surface area contributed by atoms with Crippen LogP contribution in [0.2, 0.25) is 5.02 Å². The number of rotatable bonds is 3. The third-order valence-corrected chi connectivity index (χ3v) is 6.34. The summed E-state index contributed by atoms with van der Waals surface area (Å²) in [6.45, 7) is 3.87. The van der Waals surface area contributed by atoms with Crippen molar-refractivity contribution in [1.82, 2.24) is 4.90 Å². The zero-order chi connectivity index (χ0) is 16.8. The van der Waals surface area contributed by atoms with E-state index in [1.807, 2.05) is 0 Å². The van der Waals surface area contributed by atoms with Gasteiger partial charge in [-0.1, -0.05) is 11.6 Å². The highest BCUT2D eigenvalue weighted by Gasteiger charge is 2.41. The van der Waals surface area contributed by atoms with Crippen LogP contribution in [0.1, 0.15) is 21.9 Å². The first kappa shape index (κ1) is 16.1. The lowest BCUT2D eigenvalue weighted by Gasteiger charge is -2.38. The predicted octanol–water partition coefficient (Wildman–Crippen LogP) is 2.85. The van der Waals surface area contributed by atoms with Gasteiger partial charge in [0, 0.05) is 18.1 Å². The maximum absolute atomic E-state index is 12.5. The van der Waals surface area contributed by atoms with Gasteiger partial charge in [0.15, 0.2) is 9.84 Å². The fourth-order valence-corrected chi connectivity index (χ4v) is 4.41. The smallest absolute Gasteiger partial charge is 0.257 e. The maximum atomic E-state index is 12.5. The minimum Gasteiger partial charge on any atom is -0.466 e. The number of sulfone groups is 1. The van der Waals surface area contributed by atoms with Crippen LogP contribution in [0, 0.1) is 13.8 Å². The minimum atomic E-state index is -3.45. The van der Waals surface area contributed by atoms with Crippen LogP contribution in [0.25, 0.3) is 0 Å². The van der Waals surface area contributed by atoms with Crippen LogP contribution < -0.4 is 0 Å². The molecular formula is C16H16ClNO4S. The van der Waals surface area contributed by atoms with Crippen LogP contribution in [0.3, 0.4) is 0 Å². The lowest BCUT2D eigenvalue weighted by atomic mass is 10.1. The Morgan fingerprint density at radius 1 is 1.22 bits per heavy atom. The summed E-state index contributed by atoms with van der Waals surface area (Å²) >= 11 is 5.78. The monoisotopic (exact) mass is 353 g/mol. The van der Waals surface area contributed by atoms with E-state index in [9.17, 15) is 13.2 Å². The van der Waals surface area contributed by atoms with Crippen molar-refractivity contribution in [1.29, 1.82) is 0 Å². The molecule has 0 radical (unpaired) electrons. The third-order valence-electron chi connectivity index (χ3n) is 3.99. The highest BCUT2D eigenvalue weighted by Crippen LogP contribution is 2.27. The minimum absolute atomic E-state index is 0.188. The van der Waals surface area contributed by atoms with Crippen LogP contribution >= 0.6 is 11.6 Å². The molecule has 23 heavy (non-hydrogen) atoms. The fraction of sp³-hybridized carbons (Fsp3) is 0.312. The number of nitrogens with zero attached hydrogens (tertiary/aromatic N) is 1. The number of likely N-dealkylation sites (tertiary alicyclic amines) is 1. The number of amides is 1. The van der Waals surface area contributed by atoms with Crippen molar-refractivity contribution >= 4 is 27.3 Å². The second-order valence-corrected chi connectivity index (χ2v) is 8.32. The van der Waals surface area contributed by atoms with Crippen molar-refractivity contribution in [3.63, 3.8) is 0 Å². The van der Waals surface area contributed by atoms with Gasteiger partial charge in [-0.3, -0.25) is 4.79 Å². The summed E-state index contributed by atoms with van der Waals surface area (Å²) in [4.78, 5) is 14.1. The van der Waals surface area contributed by atoms with E-state index < -0.39 is 15.1 Å². The molecule has 5 nitrogen and oxygen atoms in total. The standard InChI is InChI=1S/C16H16ClNO4S/c1-10-7-15(11(2)22-10)16(19)18-8-14(9-18)23(20,21)13-5-3-12(17)4-6-13/h3-7,14H,8-9H2,1-2H3. The summed E-state index contributed by atoms with van der Waals surface area (Å²) < 4.78 is 30.4. The largest absolute Gasteiger partial charge is 0.466 e. The Balaban J connectivity index is 1.72. The fourth-order valence-electron chi connectivity index (χ4n) is 2.63. The molecule has 0 spiro atoms. The van der Waals surface area contributed by atoms with Gasteiger partial charge in [-0.05, 0) is 44.2 Å². The average molecular weight is 354 g/mol. The number of carbonyl (C=O) groups is 1. The number of hydrogen-bond donors (Lipinski definition) is 0. The van der Waals surface area contributed by atoms with Crippen LogP contribution in [0.4, 0.5) is 0 Å². The summed E-state index contributed by atoms with van der Waals surface area (Å²) in [5.41, 5.74) is 0.491. The molecule has 0 bridgehead atoms. The second-order valence-electron chi connectivity index (χ2n) is 5.66. The molecule has 0 aliphatic carbocycles. The quantitative estimate of drug-likeness (QED) is 0.851. The van der Waals surface area contributed by atoms with Gasteiger partial charge in [-0.15, -0.1) is 0 Å². The SMILES string of the molecule is Cc1cc(C(=O)N2CC(S(=O)(=O)c3ccc(Cl)cc3)C2)c(C)o1. The molecule has 0 atom stereocenters. The molecule has 1 saturated heterocycles. The van der Waals surface area contributed by atoms with Gasteiger partial charge >= 0.3 is 0 Å². The average Bonchev–Trinajstić information content (AvgIpc) is 2.76. The molecule has 1 aliphatic rings. The molecule has 1 fully saturated rings. The summed E-state index contributed by atoms with van der Waals surface area (Å²) in [5, 5.41) is -0.0962. The number of halogens is 1. The zero-order valence-electron chi connectivity index (χ0n) is 12.7. The molecule has 1 aromatic carbocycles. The number of aryl methyl sites for hydroxylation is 2. The molecule has 3 rings (SSSR count). The normalized spacial score (nSPS) is 15.5. The number of furan rings is 1. The van der Waals surface area contributed by atoms with Gasteiger partial charge in [-0.2, -0.15) is 0 Å². The van der Waals surface area contributed by atoms with Gasteiger partial charge in [0.25, 0.3) is 5.91 Å². The summed E-state index contributed by atoms with van der Waals surface area (Å²) in [6.07, 6.45) is 0. The molecule has 1 aromatic heterocycles. The highest BCUT2D eigenvalue weighted by atomic mass is 35.5. The van der Waals surface area contributed by atoms with Crippen molar-refractivity contribution in [2.24, 2.45) is 0 Å². The van der Waals surface area contributed by atoms with Gasteiger partial charge in [0.1, 0.15) is 16.8 Å². The maximum Gasteiger partial charge on any atom is 0.257 e. The predicted molar refractivity (Wildman–Crippen MR) is 86.5 cm³/mol. The molecule has 122 valence electrons. The van der Waals surface area contributed by atoms with E-state index in [1.54, 1.807) is 32.0 Å². The van der Waals surface area contributed by atoms with Crippen molar-refractivity contribution in [3.8, 4) is 0 Å². The Morgan fingerprint density at radius 3 is 2.35 bits per heavy atom. The lowest BCUT2D eigenvalue weighted by Crippen LogP contribution is -2.56. The first-order valence-corrected chi connectivity index (χ1v) is 9.07. The topological polar surface area (TPSA) is 67.6 Å². The van der Waals surface area contributed by atoms with Crippen LogP contribution in [-0.2, 0) is 9.84 Å². The van der Waals surface area contributed by atoms with Crippen molar-refractivity contribution in [2.45, 2.75) is 24.0 Å². The lowest BCUT2D eigenvalue weighted by molar-refractivity contribution is 0.0657. The molecular weight excluding hydrogens is 338 g/mol. The van der Waals surface area contributed by atoms with Crippen molar-refractivity contribution < 1.29 is 17.6 Å². The Labute approximate surface area is 139 Å². The summed E-state index contributed by atoms with van der Waals surface area (Å²) in [7, 11) is -3.45. The first-order valence-electron chi connectivity index (χ1n) is 7.15. The Bertz CT molecular complexity index is 849. The Hall–Kier alpha value is -1.79. The number of carbonyl (C=O) groups excluding carboxylic acids is 1. The summed E-state index contributed by atoms with van der Waals surface area (Å²) in [6, 6.07) is 7.76. The van der Waals surface area contributed by atoms with Crippen LogP contribution in [-0.4, -0.2) is 37.6 Å². The van der Waals surface area contributed by atoms with E-state index in [0.717, 1.165) is 0 Å².